The Labute approximate surface area is 218 Å². The zero-order chi connectivity index (χ0) is 23.6. The summed E-state index contributed by atoms with van der Waals surface area (Å²) in [6.07, 6.45) is 2.30. The summed E-state index contributed by atoms with van der Waals surface area (Å²) in [5, 5.41) is 0.825. The van der Waals surface area contributed by atoms with Crippen molar-refractivity contribution in [3.05, 3.63) is 48.0 Å². The summed E-state index contributed by atoms with van der Waals surface area (Å²) in [4.78, 5) is 23.7. The number of carbonyl (C=O) groups excluding carboxylic acids is 1. The van der Waals surface area contributed by atoms with Gasteiger partial charge in [0.15, 0.2) is 5.13 Å². The number of fused-ring (bicyclic) bond motifs is 1. The van der Waals surface area contributed by atoms with E-state index in [4.69, 9.17) is 9.72 Å². The lowest BCUT2D eigenvalue weighted by molar-refractivity contribution is -0.118. The first kappa shape index (κ1) is 28.4. The number of nitrogens with zero attached hydrogens (tertiary/aromatic N) is 3. The average molecular weight is 522 g/mol. The monoisotopic (exact) mass is 521 g/mol. The van der Waals surface area contributed by atoms with Gasteiger partial charge in [0.05, 0.1) is 17.3 Å². The Morgan fingerprint density at radius 3 is 2.44 bits per heavy atom. The number of thioether (sulfide) groups is 1. The molecule has 5 nitrogen and oxygen atoms in total. The lowest BCUT2D eigenvalue weighted by atomic mass is 10.1. The maximum absolute atomic E-state index is 13.3. The van der Waals surface area contributed by atoms with E-state index in [0.717, 1.165) is 59.3 Å². The number of methoxy groups -OCH3 is 1. The minimum Gasteiger partial charge on any atom is -0.497 e. The van der Waals surface area contributed by atoms with Crippen LogP contribution in [-0.2, 0) is 11.2 Å². The number of rotatable bonds is 13. The van der Waals surface area contributed by atoms with E-state index in [0.29, 0.717) is 13.0 Å². The second-order valence-electron chi connectivity index (χ2n) is 7.81. The number of aromatic nitrogens is 1. The van der Waals surface area contributed by atoms with Gasteiger partial charge in [-0.2, -0.15) is 0 Å². The molecule has 1 heterocycles. The van der Waals surface area contributed by atoms with Crippen LogP contribution in [0.15, 0.2) is 47.4 Å². The van der Waals surface area contributed by atoms with E-state index in [1.807, 2.05) is 17.0 Å². The quantitative estimate of drug-likeness (QED) is 0.189. The number of amides is 1. The standard InChI is InChI=1S/C26H35N3O2S2.ClH/c1-5-20-10-8-11-23-25(20)27-26(33-23)29(18-17-28(6-2)7-3)24(30)12-9-19-32-22-15-13-21(31-4)14-16-22;/h8,10-11,13-16H,5-7,9,12,17-19H2,1-4H3;1H. The van der Waals surface area contributed by atoms with Gasteiger partial charge in [-0.15, -0.1) is 24.2 Å². The van der Waals surface area contributed by atoms with Crippen LogP contribution in [0.5, 0.6) is 5.75 Å². The van der Waals surface area contributed by atoms with E-state index in [2.05, 4.69) is 56.0 Å². The number of aryl methyl sites for hydroxylation is 1. The Kier molecular flexibility index (Phi) is 12.2. The van der Waals surface area contributed by atoms with Crippen molar-refractivity contribution in [2.45, 2.75) is 44.9 Å². The highest BCUT2D eigenvalue weighted by atomic mass is 35.5. The molecule has 1 aromatic heterocycles. The van der Waals surface area contributed by atoms with Gasteiger partial charge < -0.3 is 9.64 Å². The van der Waals surface area contributed by atoms with Crippen molar-refractivity contribution in [3.63, 3.8) is 0 Å². The third kappa shape index (κ3) is 7.60. The van der Waals surface area contributed by atoms with Crippen LogP contribution in [0.3, 0.4) is 0 Å². The molecular weight excluding hydrogens is 486 g/mol. The fraction of sp³-hybridized carbons (Fsp3) is 0.462. The third-order valence-corrected chi connectivity index (χ3v) is 7.94. The van der Waals surface area contributed by atoms with Crippen molar-refractivity contribution in [2.75, 3.05) is 43.9 Å². The Hall–Kier alpha value is -1.80. The first-order valence-electron chi connectivity index (χ1n) is 11.8. The predicted octanol–water partition coefficient (Wildman–Crippen LogP) is 6.54. The topological polar surface area (TPSA) is 45.7 Å². The minimum absolute atomic E-state index is 0. The van der Waals surface area contributed by atoms with Gasteiger partial charge in [0.2, 0.25) is 5.91 Å². The van der Waals surface area contributed by atoms with Crippen molar-refractivity contribution in [3.8, 4) is 5.75 Å². The molecule has 186 valence electrons. The van der Waals surface area contributed by atoms with Gasteiger partial charge in [0.1, 0.15) is 5.75 Å². The number of hydrogen-bond acceptors (Lipinski definition) is 6. The first-order valence-corrected chi connectivity index (χ1v) is 13.6. The zero-order valence-electron chi connectivity index (χ0n) is 20.6. The summed E-state index contributed by atoms with van der Waals surface area (Å²) in [5.41, 5.74) is 2.28. The van der Waals surface area contributed by atoms with Crippen molar-refractivity contribution in [1.82, 2.24) is 9.88 Å². The molecule has 3 aromatic rings. The fourth-order valence-electron chi connectivity index (χ4n) is 3.72. The summed E-state index contributed by atoms with van der Waals surface area (Å²) in [5.74, 6) is 1.93. The Morgan fingerprint density at radius 2 is 1.79 bits per heavy atom. The van der Waals surface area contributed by atoms with Crippen LogP contribution in [0.4, 0.5) is 5.13 Å². The molecule has 0 bridgehead atoms. The second kappa shape index (κ2) is 14.6. The number of hydrogen-bond donors (Lipinski definition) is 0. The highest BCUT2D eigenvalue weighted by Gasteiger charge is 2.21. The van der Waals surface area contributed by atoms with Crippen molar-refractivity contribution < 1.29 is 9.53 Å². The molecule has 3 rings (SSSR count). The van der Waals surface area contributed by atoms with Gasteiger partial charge in [-0.1, -0.05) is 44.2 Å². The third-order valence-electron chi connectivity index (χ3n) is 5.80. The summed E-state index contributed by atoms with van der Waals surface area (Å²) in [6, 6.07) is 14.4. The van der Waals surface area contributed by atoms with E-state index in [9.17, 15) is 4.79 Å². The van der Waals surface area contributed by atoms with E-state index in [1.165, 1.54) is 10.5 Å². The van der Waals surface area contributed by atoms with E-state index in [-0.39, 0.29) is 18.3 Å². The molecule has 0 radical (unpaired) electrons. The van der Waals surface area contributed by atoms with Gasteiger partial charge in [-0.05, 0) is 67.6 Å². The van der Waals surface area contributed by atoms with Crippen LogP contribution in [0, 0.1) is 0 Å². The summed E-state index contributed by atoms with van der Waals surface area (Å²) < 4.78 is 6.37. The van der Waals surface area contributed by atoms with Crippen LogP contribution in [0.25, 0.3) is 10.2 Å². The molecule has 34 heavy (non-hydrogen) atoms. The van der Waals surface area contributed by atoms with Gasteiger partial charge in [0.25, 0.3) is 0 Å². The maximum Gasteiger partial charge on any atom is 0.228 e. The smallest absolute Gasteiger partial charge is 0.228 e. The van der Waals surface area contributed by atoms with E-state index < -0.39 is 0 Å². The predicted molar refractivity (Wildman–Crippen MR) is 149 cm³/mol. The summed E-state index contributed by atoms with van der Waals surface area (Å²) in [6.45, 7) is 9.98. The Bertz CT molecular complexity index is 1020. The lowest BCUT2D eigenvalue weighted by Crippen LogP contribution is -2.38. The number of carbonyl (C=O) groups is 1. The second-order valence-corrected chi connectivity index (χ2v) is 9.99. The molecule has 0 N–H and O–H groups in total. The number of anilines is 1. The molecule has 0 saturated carbocycles. The zero-order valence-corrected chi connectivity index (χ0v) is 23.0. The van der Waals surface area contributed by atoms with Crippen molar-refractivity contribution in [1.29, 1.82) is 0 Å². The van der Waals surface area contributed by atoms with Gasteiger partial charge >= 0.3 is 0 Å². The highest BCUT2D eigenvalue weighted by molar-refractivity contribution is 7.99. The summed E-state index contributed by atoms with van der Waals surface area (Å²) in [7, 11) is 1.67. The maximum atomic E-state index is 13.3. The number of para-hydroxylation sites is 1. The van der Waals surface area contributed by atoms with Crippen molar-refractivity contribution >= 4 is 56.8 Å². The lowest BCUT2D eigenvalue weighted by Gasteiger charge is -2.24. The summed E-state index contributed by atoms with van der Waals surface area (Å²) >= 11 is 3.40. The van der Waals surface area contributed by atoms with E-state index in [1.54, 1.807) is 30.2 Å². The normalized spacial score (nSPS) is 11.0. The molecule has 0 fully saturated rings. The first-order chi connectivity index (χ1) is 16.1. The fourth-order valence-corrected chi connectivity index (χ4v) is 5.63. The van der Waals surface area contributed by atoms with Crippen LogP contribution in [0.1, 0.15) is 39.2 Å². The number of likely N-dealkylation sites (N-methyl/N-ethyl adjacent to an activating group) is 1. The molecule has 2 aromatic carbocycles. The highest BCUT2D eigenvalue weighted by Crippen LogP contribution is 2.31. The molecule has 0 aliphatic rings. The molecule has 0 aliphatic carbocycles. The molecule has 0 saturated heterocycles. The molecule has 8 heteroatoms. The molecule has 0 unspecified atom stereocenters. The molecular formula is C26H36ClN3O2S2. The Morgan fingerprint density at radius 1 is 1.06 bits per heavy atom. The number of ether oxygens (including phenoxy) is 1. The largest absolute Gasteiger partial charge is 0.497 e. The average Bonchev–Trinajstić information content (AvgIpc) is 3.28. The van der Waals surface area contributed by atoms with Gasteiger partial charge in [0, 0.05) is 24.4 Å². The number of benzene rings is 2. The molecule has 1 amide bonds. The SMILES string of the molecule is CCc1cccc2sc(N(CCN(CC)CC)C(=O)CCCSc3ccc(OC)cc3)nc12.Cl. The number of thiazole rings is 1. The number of halogens is 1. The Balaban J connectivity index is 0.00000408. The van der Waals surface area contributed by atoms with Gasteiger partial charge in [-0.25, -0.2) is 4.98 Å². The van der Waals surface area contributed by atoms with Crippen LogP contribution in [0.2, 0.25) is 0 Å². The molecule has 0 atom stereocenters. The van der Waals surface area contributed by atoms with Crippen LogP contribution >= 0.6 is 35.5 Å². The van der Waals surface area contributed by atoms with E-state index >= 15 is 0 Å². The van der Waals surface area contributed by atoms with Crippen LogP contribution in [-0.4, -0.2) is 54.8 Å². The molecule has 0 spiro atoms. The van der Waals surface area contributed by atoms with Crippen LogP contribution < -0.4 is 9.64 Å². The minimum atomic E-state index is 0. The van der Waals surface area contributed by atoms with Gasteiger partial charge in [-0.3, -0.25) is 9.69 Å². The molecule has 0 aliphatic heterocycles. The van der Waals surface area contributed by atoms with Crippen molar-refractivity contribution in [2.24, 2.45) is 0 Å².